The molecule has 4 heteroatoms. The van der Waals surface area contributed by atoms with E-state index >= 15 is 0 Å². The van der Waals surface area contributed by atoms with Crippen molar-refractivity contribution in [1.82, 2.24) is 15.2 Å². The van der Waals surface area contributed by atoms with Gasteiger partial charge in [-0.25, -0.2) is 0 Å². The number of nitrogens with zero attached hydrogens (tertiary/aromatic N) is 3. The second-order valence-electron chi connectivity index (χ2n) is 5.44. The van der Waals surface area contributed by atoms with Crippen molar-refractivity contribution < 1.29 is 0 Å². The molecule has 2 rings (SSSR count). The van der Waals surface area contributed by atoms with Crippen molar-refractivity contribution in [3.63, 3.8) is 0 Å². The van der Waals surface area contributed by atoms with Gasteiger partial charge in [-0.05, 0) is 45.6 Å². The molecule has 1 saturated heterocycles. The normalized spacial score (nSPS) is 21.4. The first kappa shape index (κ1) is 14.3. The Bertz CT molecular complexity index is 393. The summed E-state index contributed by atoms with van der Waals surface area (Å²) in [6, 6.07) is 4.92. The highest BCUT2D eigenvalue weighted by Gasteiger charge is 2.19. The molecule has 1 N–H and O–H groups in total. The van der Waals surface area contributed by atoms with Gasteiger partial charge >= 0.3 is 0 Å². The third kappa shape index (κ3) is 3.91. The highest BCUT2D eigenvalue weighted by atomic mass is 15.2. The van der Waals surface area contributed by atoms with Crippen LogP contribution in [-0.2, 0) is 6.54 Å². The molecular weight excluding hydrogens is 236 g/mol. The number of rotatable bonds is 4. The van der Waals surface area contributed by atoms with Crippen LogP contribution >= 0.6 is 0 Å². The first-order chi connectivity index (χ1) is 9.20. The molecule has 0 aromatic carbocycles. The monoisotopic (exact) mass is 262 g/mol. The predicted octanol–water partition coefficient (Wildman–Crippen LogP) is 1.72. The maximum absolute atomic E-state index is 4.44. The van der Waals surface area contributed by atoms with E-state index in [0.29, 0.717) is 6.04 Å². The molecule has 0 radical (unpaired) electrons. The van der Waals surface area contributed by atoms with Crippen molar-refractivity contribution in [2.45, 2.75) is 32.9 Å². The van der Waals surface area contributed by atoms with Crippen LogP contribution in [0.1, 0.15) is 26.0 Å². The molecule has 2 heterocycles. The van der Waals surface area contributed by atoms with E-state index in [1.165, 1.54) is 18.7 Å². The van der Waals surface area contributed by atoms with E-state index in [4.69, 9.17) is 0 Å². The number of nitrogens with one attached hydrogen (secondary N) is 1. The summed E-state index contributed by atoms with van der Waals surface area (Å²) in [5, 5.41) is 3.34. The molecule has 0 aliphatic carbocycles. The summed E-state index contributed by atoms with van der Waals surface area (Å²) in [6.07, 6.45) is 3.16. The van der Waals surface area contributed by atoms with Gasteiger partial charge in [-0.15, -0.1) is 0 Å². The average molecular weight is 262 g/mol. The highest BCUT2D eigenvalue weighted by molar-refractivity contribution is 5.47. The molecule has 1 unspecified atom stereocenters. The quantitative estimate of drug-likeness (QED) is 0.895. The van der Waals surface area contributed by atoms with Crippen molar-refractivity contribution >= 4 is 5.69 Å². The van der Waals surface area contributed by atoms with Crippen molar-refractivity contribution in [2.75, 3.05) is 38.1 Å². The maximum Gasteiger partial charge on any atom is 0.0562 e. The van der Waals surface area contributed by atoms with Gasteiger partial charge in [0.2, 0.25) is 0 Å². The lowest BCUT2D eigenvalue weighted by Crippen LogP contribution is -2.38. The lowest BCUT2D eigenvalue weighted by Gasteiger charge is -2.30. The molecule has 0 bridgehead atoms. The van der Waals surface area contributed by atoms with Crippen LogP contribution in [0, 0.1) is 0 Å². The van der Waals surface area contributed by atoms with Gasteiger partial charge in [0.05, 0.1) is 5.69 Å². The number of likely N-dealkylation sites (N-methyl/N-ethyl adjacent to an activating group) is 1. The second kappa shape index (κ2) is 6.87. The Hall–Kier alpha value is -1.13. The van der Waals surface area contributed by atoms with E-state index in [1.807, 2.05) is 6.20 Å². The van der Waals surface area contributed by atoms with E-state index in [1.54, 1.807) is 0 Å². The third-order valence-corrected chi connectivity index (χ3v) is 3.73. The molecule has 4 nitrogen and oxygen atoms in total. The van der Waals surface area contributed by atoms with E-state index in [-0.39, 0.29) is 0 Å². The lowest BCUT2D eigenvalue weighted by molar-refractivity contribution is 0.337. The minimum absolute atomic E-state index is 0.557. The van der Waals surface area contributed by atoms with Crippen LogP contribution < -0.4 is 10.2 Å². The first-order valence-electron chi connectivity index (χ1n) is 7.31. The van der Waals surface area contributed by atoms with Crippen LogP contribution in [0.25, 0.3) is 0 Å². The molecule has 19 heavy (non-hydrogen) atoms. The molecule has 1 aromatic rings. The van der Waals surface area contributed by atoms with Gasteiger partial charge in [0.15, 0.2) is 0 Å². The number of hydrogen-bond acceptors (Lipinski definition) is 4. The van der Waals surface area contributed by atoms with Crippen molar-refractivity contribution in [1.29, 1.82) is 0 Å². The summed E-state index contributed by atoms with van der Waals surface area (Å²) in [5.41, 5.74) is 2.44. The fourth-order valence-electron chi connectivity index (χ4n) is 2.75. The Morgan fingerprint density at radius 3 is 3.05 bits per heavy atom. The van der Waals surface area contributed by atoms with Crippen molar-refractivity contribution in [3.8, 4) is 0 Å². The number of hydrogen-bond donors (Lipinski definition) is 1. The highest BCUT2D eigenvalue weighted by Crippen LogP contribution is 2.20. The summed E-state index contributed by atoms with van der Waals surface area (Å²) in [7, 11) is 2.21. The molecule has 1 aliphatic rings. The Labute approximate surface area is 116 Å². The van der Waals surface area contributed by atoms with Crippen LogP contribution in [0.15, 0.2) is 18.3 Å². The fraction of sp³-hybridized carbons (Fsp3) is 0.667. The van der Waals surface area contributed by atoms with Crippen molar-refractivity contribution in [3.05, 3.63) is 24.0 Å². The minimum atomic E-state index is 0.557. The third-order valence-electron chi connectivity index (χ3n) is 3.73. The Morgan fingerprint density at radius 1 is 1.42 bits per heavy atom. The molecular formula is C15H26N4. The Kier molecular flexibility index (Phi) is 5.16. The zero-order chi connectivity index (χ0) is 13.7. The molecule has 1 fully saturated rings. The largest absolute Gasteiger partial charge is 0.367 e. The standard InChI is InChI=1S/C15H26N4/c1-4-16-11-14-10-15(6-7-17-14)19-9-5-8-18(3)12-13(19)2/h6-7,10,13,16H,4-5,8-9,11-12H2,1-3H3. The number of aromatic nitrogens is 1. The molecule has 106 valence electrons. The summed E-state index contributed by atoms with van der Waals surface area (Å²) < 4.78 is 0. The van der Waals surface area contributed by atoms with Gasteiger partial charge in [-0.2, -0.15) is 0 Å². The average Bonchev–Trinajstić information content (AvgIpc) is 2.57. The van der Waals surface area contributed by atoms with Crippen LogP contribution in [0.3, 0.4) is 0 Å². The second-order valence-corrected chi connectivity index (χ2v) is 5.44. The minimum Gasteiger partial charge on any atom is -0.367 e. The summed E-state index contributed by atoms with van der Waals surface area (Å²) >= 11 is 0. The Balaban J connectivity index is 2.11. The predicted molar refractivity (Wildman–Crippen MR) is 80.5 cm³/mol. The van der Waals surface area contributed by atoms with Crippen molar-refractivity contribution in [2.24, 2.45) is 0 Å². The van der Waals surface area contributed by atoms with Crippen LogP contribution in [0.5, 0.6) is 0 Å². The van der Waals surface area contributed by atoms with E-state index in [2.05, 4.69) is 53.1 Å². The van der Waals surface area contributed by atoms with Gasteiger partial charge in [0.25, 0.3) is 0 Å². The fourth-order valence-corrected chi connectivity index (χ4v) is 2.75. The topological polar surface area (TPSA) is 31.4 Å². The van der Waals surface area contributed by atoms with Gasteiger partial charge < -0.3 is 15.1 Å². The molecule has 0 amide bonds. The zero-order valence-corrected chi connectivity index (χ0v) is 12.4. The summed E-state index contributed by atoms with van der Waals surface area (Å²) in [5.74, 6) is 0. The van der Waals surface area contributed by atoms with Gasteiger partial charge in [-0.3, -0.25) is 4.98 Å². The van der Waals surface area contributed by atoms with Gasteiger partial charge in [-0.1, -0.05) is 6.92 Å². The van der Waals surface area contributed by atoms with Crippen LogP contribution in [0.2, 0.25) is 0 Å². The SMILES string of the molecule is CCNCc1cc(N2CCCN(C)CC2C)ccn1. The van der Waals surface area contributed by atoms with Gasteiger partial charge in [0.1, 0.15) is 0 Å². The van der Waals surface area contributed by atoms with Gasteiger partial charge in [0, 0.05) is 37.6 Å². The van der Waals surface area contributed by atoms with E-state index in [0.717, 1.165) is 31.9 Å². The maximum atomic E-state index is 4.44. The summed E-state index contributed by atoms with van der Waals surface area (Å²) in [6.45, 7) is 9.73. The molecule has 1 aliphatic heterocycles. The zero-order valence-electron chi connectivity index (χ0n) is 12.4. The van der Waals surface area contributed by atoms with E-state index in [9.17, 15) is 0 Å². The molecule has 0 saturated carbocycles. The molecule has 1 aromatic heterocycles. The summed E-state index contributed by atoms with van der Waals surface area (Å²) in [4.78, 5) is 9.37. The molecule has 0 spiro atoms. The van der Waals surface area contributed by atoms with Crippen LogP contribution in [-0.4, -0.2) is 49.2 Å². The Morgan fingerprint density at radius 2 is 2.26 bits per heavy atom. The number of anilines is 1. The van der Waals surface area contributed by atoms with E-state index < -0.39 is 0 Å². The number of pyridine rings is 1. The first-order valence-corrected chi connectivity index (χ1v) is 7.31. The smallest absolute Gasteiger partial charge is 0.0562 e. The lowest BCUT2D eigenvalue weighted by atomic mass is 10.2. The molecule has 1 atom stereocenters. The van der Waals surface area contributed by atoms with Crippen LogP contribution in [0.4, 0.5) is 5.69 Å².